The van der Waals surface area contributed by atoms with Crippen molar-refractivity contribution in [2.45, 2.75) is 51.0 Å². The molecule has 0 radical (unpaired) electrons. The molecule has 0 aliphatic heterocycles. The van der Waals surface area contributed by atoms with E-state index < -0.39 is 0 Å². The minimum atomic E-state index is -0.311. The van der Waals surface area contributed by atoms with E-state index in [-0.39, 0.29) is 18.0 Å². The molecule has 0 spiro atoms. The Balaban J connectivity index is 1.77. The number of phenols is 1. The van der Waals surface area contributed by atoms with Gasteiger partial charge in [-0.05, 0) is 80.0 Å². The number of carbonyl (C=O) groups excluding carboxylic acids is 2. The fraction of sp³-hybridized carbons (Fsp3) is 0.462. The van der Waals surface area contributed by atoms with Gasteiger partial charge in [-0.3, -0.25) is 9.69 Å². The molecule has 0 saturated carbocycles. The molecule has 6 heteroatoms. The molecular formula is C26H33NO5. The average Bonchev–Trinajstić information content (AvgIpc) is 2.83. The Hall–Kier alpha value is -2.86. The first kappa shape index (κ1) is 23.8. The highest BCUT2D eigenvalue weighted by molar-refractivity contribution is 5.89. The van der Waals surface area contributed by atoms with Crippen LogP contribution in [-0.2, 0) is 27.1 Å². The number of rotatable bonds is 10. The molecule has 1 aliphatic carbocycles. The lowest BCUT2D eigenvalue weighted by Crippen LogP contribution is -2.34. The molecule has 1 unspecified atom stereocenters. The Labute approximate surface area is 190 Å². The zero-order valence-corrected chi connectivity index (χ0v) is 19.0. The fourth-order valence-electron chi connectivity index (χ4n) is 4.51. The Morgan fingerprint density at radius 1 is 1.06 bits per heavy atom. The number of nitrogens with zero attached hydrogens (tertiary/aromatic N) is 1. The van der Waals surface area contributed by atoms with Crippen LogP contribution in [0.3, 0.4) is 0 Å². The number of aromatic hydroxyl groups is 1. The third-order valence-electron chi connectivity index (χ3n) is 6.25. The number of hydrogen-bond donors (Lipinski definition) is 1. The smallest absolute Gasteiger partial charge is 0.337 e. The number of methoxy groups -OCH3 is 2. The van der Waals surface area contributed by atoms with Crippen molar-refractivity contribution in [2.75, 3.05) is 27.3 Å². The van der Waals surface area contributed by atoms with Crippen LogP contribution in [0.25, 0.3) is 0 Å². The van der Waals surface area contributed by atoms with Gasteiger partial charge in [-0.2, -0.15) is 0 Å². The van der Waals surface area contributed by atoms with Crippen molar-refractivity contribution in [1.82, 2.24) is 4.90 Å². The van der Waals surface area contributed by atoms with Gasteiger partial charge < -0.3 is 14.6 Å². The highest BCUT2D eigenvalue weighted by Gasteiger charge is 2.26. The number of carbonyl (C=O) groups is 2. The first-order chi connectivity index (χ1) is 15.5. The van der Waals surface area contributed by atoms with Gasteiger partial charge in [0.05, 0.1) is 19.8 Å². The largest absolute Gasteiger partial charge is 0.508 e. The van der Waals surface area contributed by atoms with Gasteiger partial charge >= 0.3 is 11.9 Å². The molecule has 2 aromatic rings. The highest BCUT2D eigenvalue weighted by atomic mass is 16.5. The van der Waals surface area contributed by atoms with E-state index in [2.05, 4.69) is 11.0 Å². The predicted molar refractivity (Wildman–Crippen MR) is 123 cm³/mol. The van der Waals surface area contributed by atoms with Crippen LogP contribution in [0.1, 0.15) is 65.2 Å². The molecule has 0 fully saturated rings. The summed E-state index contributed by atoms with van der Waals surface area (Å²) >= 11 is 0. The van der Waals surface area contributed by atoms with Crippen molar-refractivity contribution in [3.05, 3.63) is 64.7 Å². The number of para-hydroxylation sites is 1. The standard InChI is InChI=1S/C26H33NO5/c1-31-25(29)12-5-6-16-27(17-15-19-8-3-4-11-24(19)28)23-10-7-9-20-18-21(26(30)32-2)13-14-22(20)23/h3-4,8,11,13-14,18,23,28H,5-7,9-10,12,15-17H2,1-2H3. The zero-order chi connectivity index (χ0) is 22.9. The van der Waals surface area contributed by atoms with Crippen molar-refractivity contribution in [1.29, 1.82) is 0 Å². The van der Waals surface area contributed by atoms with Crippen LogP contribution in [0.15, 0.2) is 42.5 Å². The fourth-order valence-corrected chi connectivity index (χ4v) is 4.51. The molecule has 2 aromatic carbocycles. The van der Waals surface area contributed by atoms with Crippen LogP contribution in [0.4, 0.5) is 0 Å². The monoisotopic (exact) mass is 439 g/mol. The zero-order valence-electron chi connectivity index (χ0n) is 19.0. The van der Waals surface area contributed by atoms with Crippen molar-refractivity contribution in [2.24, 2.45) is 0 Å². The summed E-state index contributed by atoms with van der Waals surface area (Å²) in [7, 11) is 2.82. The van der Waals surface area contributed by atoms with E-state index in [1.165, 1.54) is 25.3 Å². The molecule has 0 amide bonds. The van der Waals surface area contributed by atoms with Gasteiger partial charge in [0.15, 0.2) is 0 Å². The highest BCUT2D eigenvalue weighted by Crippen LogP contribution is 2.35. The number of benzene rings is 2. The second-order valence-electron chi connectivity index (χ2n) is 8.26. The number of fused-ring (bicyclic) bond motifs is 1. The molecule has 32 heavy (non-hydrogen) atoms. The van der Waals surface area contributed by atoms with E-state index in [0.717, 1.165) is 57.2 Å². The number of ether oxygens (including phenoxy) is 2. The first-order valence-electron chi connectivity index (χ1n) is 11.3. The summed E-state index contributed by atoms with van der Waals surface area (Å²) in [6.07, 6.45) is 5.89. The molecule has 0 aromatic heterocycles. The Morgan fingerprint density at radius 2 is 1.88 bits per heavy atom. The molecule has 1 aliphatic rings. The van der Waals surface area contributed by atoms with Gasteiger partial charge in [0.2, 0.25) is 0 Å². The van der Waals surface area contributed by atoms with Crippen LogP contribution >= 0.6 is 0 Å². The van der Waals surface area contributed by atoms with E-state index in [1.807, 2.05) is 30.3 Å². The molecule has 1 N–H and O–H groups in total. The van der Waals surface area contributed by atoms with E-state index in [4.69, 9.17) is 9.47 Å². The molecule has 0 saturated heterocycles. The van der Waals surface area contributed by atoms with Crippen LogP contribution < -0.4 is 0 Å². The minimum Gasteiger partial charge on any atom is -0.508 e. The number of unbranched alkanes of at least 4 members (excludes halogenated alkanes) is 1. The number of aryl methyl sites for hydroxylation is 1. The van der Waals surface area contributed by atoms with Crippen molar-refractivity contribution in [3.8, 4) is 5.75 Å². The van der Waals surface area contributed by atoms with E-state index in [0.29, 0.717) is 17.7 Å². The summed E-state index contributed by atoms with van der Waals surface area (Å²) in [6.45, 7) is 1.66. The molecular weight excluding hydrogens is 406 g/mol. The van der Waals surface area contributed by atoms with Crippen LogP contribution in [0.5, 0.6) is 5.75 Å². The second kappa shape index (κ2) is 11.7. The van der Waals surface area contributed by atoms with Gasteiger partial charge in [-0.25, -0.2) is 4.79 Å². The minimum absolute atomic E-state index is 0.177. The lowest BCUT2D eigenvalue weighted by Gasteiger charge is -2.36. The first-order valence-corrected chi connectivity index (χ1v) is 11.3. The average molecular weight is 440 g/mol. The number of hydrogen-bond acceptors (Lipinski definition) is 6. The summed E-state index contributed by atoms with van der Waals surface area (Å²) < 4.78 is 9.64. The molecule has 172 valence electrons. The van der Waals surface area contributed by atoms with Crippen LogP contribution in [0.2, 0.25) is 0 Å². The van der Waals surface area contributed by atoms with Crippen LogP contribution in [-0.4, -0.2) is 49.3 Å². The van der Waals surface area contributed by atoms with Gasteiger partial charge in [-0.1, -0.05) is 24.3 Å². The van der Waals surface area contributed by atoms with Crippen molar-refractivity contribution < 1.29 is 24.2 Å². The van der Waals surface area contributed by atoms with Gasteiger partial charge in [0.1, 0.15) is 5.75 Å². The molecule has 0 heterocycles. The maximum absolute atomic E-state index is 12.0. The quantitative estimate of drug-likeness (QED) is 0.436. The van der Waals surface area contributed by atoms with E-state index >= 15 is 0 Å². The van der Waals surface area contributed by atoms with E-state index in [1.54, 1.807) is 6.07 Å². The summed E-state index contributed by atoms with van der Waals surface area (Å²) in [4.78, 5) is 25.9. The third-order valence-corrected chi connectivity index (χ3v) is 6.25. The lowest BCUT2D eigenvalue weighted by molar-refractivity contribution is -0.140. The summed E-state index contributed by atoms with van der Waals surface area (Å²) in [5.41, 5.74) is 3.98. The van der Waals surface area contributed by atoms with Gasteiger partial charge in [0, 0.05) is 19.0 Å². The molecule has 6 nitrogen and oxygen atoms in total. The predicted octanol–water partition coefficient (Wildman–Crippen LogP) is 4.44. The van der Waals surface area contributed by atoms with Gasteiger partial charge in [-0.15, -0.1) is 0 Å². The van der Waals surface area contributed by atoms with Gasteiger partial charge in [0.25, 0.3) is 0 Å². The molecule has 3 rings (SSSR count). The third kappa shape index (κ3) is 6.10. The summed E-state index contributed by atoms with van der Waals surface area (Å²) in [5, 5.41) is 10.2. The number of phenolic OH excluding ortho intramolecular Hbond substituents is 1. The Kier molecular flexibility index (Phi) is 8.68. The second-order valence-corrected chi connectivity index (χ2v) is 8.26. The van der Waals surface area contributed by atoms with Crippen LogP contribution in [0, 0.1) is 0 Å². The topological polar surface area (TPSA) is 76.1 Å². The molecule has 0 bridgehead atoms. The lowest BCUT2D eigenvalue weighted by atomic mass is 9.85. The summed E-state index contributed by atoms with van der Waals surface area (Å²) in [6, 6.07) is 13.6. The van der Waals surface area contributed by atoms with Crippen molar-refractivity contribution in [3.63, 3.8) is 0 Å². The number of esters is 2. The molecule has 1 atom stereocenters. The normalized spacial score (nSPS) is 15.3. The maximum atomic E-state index is 12.0. The maximum Gasteiger partial charge on any atom is 0.337 e. The van der Waals surface area contributed by atoms with E-state index in [9.17, 15) is 14.7 Å². The van der Waals surface area contributed by atoms with Crippen molar-refractivity contribution >= 4 is 11.9 Å². The Morgan fingerprint density at radius 3 is 2.62 bits per heavy atom. The summed E-state index contributed by atoms with van der Waals surface area (Å²) in [5.74, 6) is -0.164. The Bertz CT molecular complexity index is 926. The SMILES string of the molecule is COC(=O)CCCCN(CCc1ccccc1O)C1CCCc2cc(C(=O)OC)ccc21.